The summed E-state index contributed by atoms with van der Waals surface area (Å²) in [6.07, 6.45) is 4.98. The van der Waals surface area contributed by atoms with Crippen molar-refractivity contribution < 1.29 is 9.53 Å². The molecule has 2 fully saturated rings. The molecule has 4 nitrogen and oxygen atoms in total. The Hall–Kier alpha value is -0.610. The summed E-state index contributed by atoms with van der Waals surface area (Å²) in [7, 11) is 0. The van der Waals surface area contributed by atoms with Crippen molar-refractivity contribution in [2.24, 2.45) is 17.1 Å². The van der Waals surface area contributed by atoms with Crippen LogP contribution in [0.5, 0.6) is 0 Å². The first kappa shape index (κ1) is 13.8. The van der Waals surface area contributed by atoms with Gasteiger partial charge < -0.3 is 15.8 Å². The van der Waals surface area contributed by atoms with Crippen molar-refractivity contribution in [1.29, 1.82) is 0 Å². The molecule has 3 N–H and O–H groups in total. The first-order valence-corrected chi connectivity index (χ1v) is 7.09. The molecule has 2 aliphatic rings. The van der Waals surface area contributed by atoms with Gasteiger partial charge in [-0.15, -0.1) is 0 Å². The zero-order valence-corrected chi connectivity index (χ0v) is 11.6. The summed E-state index contributed by atoms with van der Waals surface area (Å²) >= 11 is 0. The molecule has 0 bridgehead atoms. The molecule has 0 aromatic rings. The van der Waals surface area contributed by atoms with Crippen molar-refractivity contribution in [2.45, 2.75) is 51.5 Å². The van der Waals surface area contributed by atoms with Gasteiger partial charge in [0, 0.05) is 25.7 Å². The average Bonchev–Trinajstić information content (AvgIpc) is 2.70. The van der Waals surface area contributed by atoms with E-state index < -0.39 is 0 Å². The van der Waals surface area contributed by atoms with Crippen LogP contribution in [0.1, 0.15) is 46.0 Å². The maximum absolute atomic E-state index is 12.5. The van der Waals surface area contributed by atoms with E-state index in [0.29, 0.717) is 19.8 Å². The second kappa shape index (κ2) is 5.17. The van der Waals surface area contributed by atoms with Crippen molar-refractivity contribution >= 4 is 5.91 Å². The van der Waals surface area contributed by atoms with Gasteiger partial charge in [-0.3, -0.25) is 4.79 Å². The fourth-order valence-corrected chi connectivity index (χ4v) is 3.30. The van der Waals surface area contributed by atoms with Gasteiger partial charge in [-0.1, -0.05) is 20.3 Å². The van der Waals surface area contributed by atoms with Crippen molar-refractivity contribution in [1.82, 2.24) is 5.32 Å². The highest BCUT2D eigenvalue weighted by Crippen LogP contribution is 2.43. The molecule has 0 spiro atoms. The fraction of sp³-hybridized carbons (Fsp3) is 0.929. The molecular formula is C14H26N2O2. The van der Waals surface area contributed by atoms with E-state index in [9.17, 15) is 4.79 Å². The van der Waals surface area contributed by atoms with Crippen LogP contribution in [0, 0.1) is 11.3 Å². The Morgan fingerprint density at radius 2 is 2.00 bits per heavy atom. The summed E-state index contributed by atoms with van der Waals surface area (Å²) in [6, 6.07) is 0. The van der Waals surface area contributed by atoms with Gasteiger partial charge in [0.15, 0.2) is 0 Å². The summed E-state index contributed by atoms with van der Waals surface area (Å²) in [4.78, 5) is 12.5. The third-order valence-electron chi connectivity index (χ3n) is 4.80. The zero-order chi connectivity index (χ0) is 13.2. The van der Waals surface area contributed by atoms with Gasteiger partial charge in [0.25, 0.3) is 0 Å². The normalized spacial score (nSPS) is 30.1. The van der Waals surface area contributed by atoms with Crippen LogP contribution in [0.4, 0.5) is 0 Å². The van der Waals surface area contributed by atoms with E-state index in [4.69, 9.17) is 10.5 Å². The molecule has 0 aromatic heterocycles. The lowest BCUT2D eigenvalue weighted by atomic mass is 9.80. The Labute approximate surface area is 110 Å². The topological polar surface area (TPSA) is 64.4 Å². The van der Waals surface area contributed by atoms with Crippen molar-refractivity contribution in [2.75, 3.05) is 19.8 Å². The second-order valence-corrected chi connectivity index (χ2v) is 6.52. The number of hydrogen-bond donors (Lipinski definition) is 2. The maximum Gasteiger partial charge on any atom is 0.224 e. The highest BCUT2D eigenvalue weighted by Gasteiger charge is 2.42. The molecule has 2 rings (SSSR count). The molecule has 1 amide bonds. The molecule has 1 aliphatic heterocycles. The minimum absolute atomic E-state index is 0.130. The van der Waals surface area contributed by atoms with Crippen LogP contribution in [0.3, 0.4) is 0 Å². The Kier molecular flexibility index (Phi) is 3.97. The Morgan fingerprint density at radius 3 is 2.50 bits per heavy atom. The van der Waals surface area contributed by atoms with Crippen LogP contribution in [0.2, 0.25) is 0 Å². The molecule has 1 saturated carbocycles. The quantitative estimate of drug-likeness (QED) is 0.801. The lowest BCUT2D eigenvalue weighted by Crippen LogP contribution is -2.58. The molecule has 1 heterocycles. The SMILES string of the molecule is CC1(C)CCCC1C(=O)NC1(CN)CCOCC1. The van der Waals surface area contributed by atoms with E-state index >= 15 is 0 Å². The number of ether oxygens (including phenoxy) is 1. The number of carbonyl (C=O) groups excluding carboxylic acids is 1. The van der Waals surface area contributed by atoms with Crippen LogP contribution < -0.4 is 11.1 Å². The van der Waals surface area contributed by atoms with Crippen LogP contribution in [-0.4, -0.2) is 31.2 Å². The lowest BCUT2D eigenvalue weighted by molar-refractivity contribution is -0.130. The van der Waals surface area contributed by atoms with Gasteiger partial charge in [0.2, 0.25) is 5.91 Å². The molecule has 1 aliphatic carbocycles. The van der Waals surface area contributed by atoms with Gasteiger partial charge >= 0.3 is 0 Å². The zero-order valence-electron chi connectivity index (χ0n) is 11.6. The molecule has 1 atom stereocenters. The highest BCUT2D eigenvalue weighted by atomic mass is 16.5. The van der Waals surface area contributed by atoms with E-state index in [2.05, 4.69) is 19.2 Å². The molecule has 0 aromatic carbocycles. The summed E-state index contributed by atoms with van der Waals surface area (Å²) < 4.78 is 5.37. The number of carbonyl (C=O) groups is 1. The Bertz CT molecular complexity index is 309. The lowest BCUT2D eigenvalue weighted by Gasteiger charge is -2.39. The third kappa shape index (κ3) is 2.69. The predicted octanol–water partition coefficient (Wildman–Crippen LogP) is 1.44. The molecule has 4 heteroatoms. The number of nitrogens with one attached hydrogen (secondary N) is 1. The molecule has 0 radical (unpaired) electrons. The summed E-state index contributed by atoms with van der Waals surface area (Å²) in [5, 5.41) is 3.24. The molecule has 1 unspecified atom stereocenters. The number of rotatable bonds is 3. The molecule has 104 valence electrons. The van der Waals surface area contributed by atoms with Gasteiger partial charge in [0.05, 0.1) is 5.54 Å². The second-order valence-electron chi connectivity index (χ2n) is 6.52. The van der Waals surface area contributed by atoms with E-state index in [-0.39, 0.29) is 22.8 Å². The predicted molar refractivity (Wildman–Crippen MR) is 71.1 cm³/mol. The first-order valence-electron chi connectivity index (χ1n) is 7.09. The molecule has 18 heavy (non-hydrogen) atoms. The minimum Gasteiger partial charge on any atom is -0.381 e. The minimum atomic E-state index is -0.228. The van der Waals surface area contributed by atoms with E-state index in [1.54, 1.807) is 0 Å². The number of amides is 1. The maximum atomic E-state index is 12.5. The summed E-state index contributed by atoms with van der Waals surface area (Å²) in [5.41, 5.74) is 5.78. The van der Waals surface area contributed by atoms with Crippen LogP contribution in [-0.2, 0) is 9.53 Å². The van der Waals surface area contributed by atoms with Crippen LogP contribution >= 0.6 is 0 Å². The smallest absolute Gasteiger partial charge is 0.224 e. The number of hydrogen-bond acceptors (Lipinski definition) is 3. The van der Waals surface area contributed by atoms with Crippen LogP contribution in [0.25, 0.3) is 0 Å². The third-order valence-corrected chi connectivity index (χ3v) is 4.80. The largest absolute Gasteiger partial charge is 0.381 e. The van der Waals surface area contributed by atoms with E-state index in [0.717, 1.165) is 32.1 Å². The summed E-state index contributed by atoms with van der Waals surface area (Å²) in [5.74, 6) is 0.341. The van der Waals surface area contributed by atoms with Gasteiger partial charge in [-0.25, -0.2) is 0 Å². The van der Waals surface area contributed by atoms with Crippen LogP contribution in [0.15, 0.2) is 0 Å². The van der Waals surface area contributed by atoms with Gasteiger partial charge in [-0.05, 0) is 31.1 Å². The van der Waals surface area contributed by atoms with E-state index in [1.165, 1.54) is 0 Å². The number of nitrogens with two attached hydrogens (primary N) is 1. The fourth-order valence-electron chi connectivity index (χ4n) is 3.30. The Balaban J connectivity index is 2.01. The highest BCUT2D eigenvalue weighted by molar-refractivity contribution is 5.80. The van der Waals surface area contributed by atoms with Gasteiger partial charge in [-0.2, -0.15) is 0 Å². The standard InChI is InChI=1S/C14H26N2O2/c1-13(2)5-3-4-11(13)12(17)16-14(10-15)6-8-18-9-7-14/h11H,3-10,15H2,1-2H3,(H,16,17). The van der Waals surface area contributed by atoms with Crippen molar-refractivity contribution in [3.63, 3.8) is 0 Å². The molecular weight excluding hydrogens is 228 g/mol. The first-order chi connectivity index (χ1) is 8.49. The average molecular weight is 254 g/mol. The molecule has 1 saturated heterocycles. The summed E-state index contributed by atoms with van der Waals surface area (Å²) in [6.45, 7) is 6.30. The van der Waals surface area contributed by atoms with Crippen molar-refractivity contribution in [3.8, 4) is 0 Å². The van der Waals surface area contributed by atoms with Crippen molar-refractivity contribution in [3.05, 3.63) is 0 Å². The van der Waals surface area contributed by atoms with E-state index in [1.807, 2.05) is 0 Å². The monoisotopic (exact) mass is 254 g/mol. The Morgan fingerprint density at radius 1 is 1.33 bits per heavy atom. The van der Waals surface area contributed by atoms with Gasteiger partial charge in [0.1, 0.15) is 0 Å².